The first-order chi connectivity index (χ1) is 5.61. The van der Waals surface area contributed by atoms with Gasteiger partial charge in [0.25, 0.3) is 0 Å². The van der Waals surface area contributed by atoms with Crippen LogP contribution < -0.4 is 0 Å². The minimum atomic E-state index is -0.0816. The van der Waals surface area contributed by atoms with E-state index in [4.69, 9.17) is 4.74 Å². The summed E-state index contributed by atoms with van der Waals surface area (Å²) in [7, 11) is 0. The summed E-state index contributed by atoms with van der Waals surface area (Å²) in [5, 5.41) is 0. The molecule has 0 fully saturated rings. The Bertz CT molecular complexity index is 126. The fraction of sp³-hybridized carbons (Fsp3) is 0.900. The van der Waals surface area contributed by atoms with Crippen molar-refractivity contribution in [3.8, 4) is 0 Å². The maximum Gasteiger partial charge on any atom is 0.308 e. The summed E-state index contributed by atoms with van der Waals surface area (Å²) in [6.45, 7) is 8.54. The van der Waals surface area contributed by atoms with Crippen molar-refractivity contribution in [1.82, 2.24) is 0 Å². The van der Waals surface area contributed by atoms with E-state index in [-0.39, 0.29) is 11.9 Å². The zero-order chi connectivity index (χ0) is 9.56. The van der Waals surface area contributed by atoms with Crippen molar-refractivity contribution >= 4 is 5.97 Å². The second-order valence-electron chi connectivity index (χ2n) is 3.47. The standard InChI is InChI=1S/C10H20O2/c1-5-9(6-2)7-12-10(11)8(3)4/h8-9H,5-7H2,1-4H3. The Morgan fingerprint density at radius 1 is 1.25 bits per heavy atom. The molecular weight excluding hydrogens is 152 g/mol. The van der Waals surface area contributed by atoms with Crippen LogP contribution in [0.3, 0.4) is 0 Å². The molecule has 0 spiro atoms. The van der Waals surface area contributed by atoms with Crippen molar-refractivity contribution in [2.75, 3.05) is 6.61 Å². The number of hydrogen-bond acceptors (Lipinski definition) is 2. The molecule has 0 atom stereocenters. The van der Waals surface area contributed by atoms with E-state index in [0.717, 1.165) is 12.8 Å². The number of carbonyl (C=O) groups is 1. The molecule has 0 aromatic carbocycles. The van der Waals surface area contributed by atoms with Gasteiger partial charge in [0.15, 0.2) is 0 Å². The van der Waals surface area contributed by atoms with Crippen LogP contribution in [0.5, 0.6) is 0 Å². The Hall–Kier alpha value is -0.530. The number of hydrogen-bond donors (Lipinski definition) is 0. The maximum atomic E-state index is 11.1. The predicted molar refractivity (Wildman–Crippen MR) is 49.9 cm³/mol. The van der Waals surface area contributed by atoms with Gasteiger partial charge in [-0.05, 0) is 5.92 Å². The zero-order valence-electron chi connectivity index (χ0n) is 8.59. The largest absolute Gasteiger partial charge is 0.465 e. The van der Waals surface area contributed by atoms with Crippen molar-refractivity contribution in [1.29, 1.82) is 0 Å². The van der Waals surface area contributed by atoms with Crippen LogP contribution in [0.25, 0.3) is 0 Å². The Balaban J connectivity index is 3.59. The third-order valence-corrected chi connectivity index (χ3v) is 2.09. The fourth-order valence-corrected chi connectivity index (χ4v) is 0.891. The molecule has 2 heteroatoms. The molecule has 0 aliphatic rings. The molecule has 12 heavy (non-hydrogen) atoms. The molecule has 2 nitrogen and oxygen atoms in total. The average molecular weight is 172 g/mol. The smallest absolute Gasteiger partial charge is 0.308 e. The Morgan fingerprint density at radius 2 is 1.75 bits per heavy atom. The minimum Gasteiger partial charge on any atom is -0.465 e. The highest BCUT2D eigenvalue weighted by Crippen LogP contribution is 2.08. The molecule has 0 saturated heterocycles. The molecule has 0 amide bonds. The van der Waals surface area contributed by atoms with Gasteiger partial charge in [0, 0.05) is 0 Å². The van der Waals surface area contributed by atoms with Gasteiger partial charge in [-0.1, -0.05) is 40.5 Å². The van der Waals surface area contributed by atoms with Crippen LogP contribution in [0.1, 0.15) is 40.5 Å². The van der Waals surface area contributed by atoms with E-state index in [0.29, 0.717) is 12.5 Å². The van der Waals surface area contributed by atoms with Crippen LogP contribution >= 0.6 is 0 Å². The van der Waals surface area contributed by atoms with Gasteiger partial charge in [-0.2, -0.15) is 0 Å². The maximum absolute atomic E-state index is 11.1. The third-order valence-electron chi connectivity index (χ3n) is 2.09. The molecule has 0 aromatic rings. The van der Waals surface area contributed by atoms with Gasteiger partial charge in [-0.25, -0.2) is 0 Å². The molecule has 0 rings (SSSR count). The van der Waals surface area contributed by atoms with Gasteiger partial charge in [0.1, 0.15) is 0 Å². The highest BCUT2D eigenvalue weighted by molar-refractivity contribution is 5.71. The second kappa shape index (κ2) is 6.04. The molecular formula is C10H20O2. The van der Waals surface area contributed by atoms with Crippen LogP contribution in [-0.4, -0.2) is 12.6 Å². The van der Waals surface area contributed by atoms with Crippen LogP contribution in [0, 0.1) is 11.8 Å². The number of ether oxygens (including phenoxy) is 1. The highest BCUT2D eigenvalue weighted by atomic mass is 16.5. The molecule has 0 saturated carbocycles. The average Bonchev–Trinajstić information content (AvgIpc) is 2.05. The minimum absolute atomic E-state index is 0.000591. The van der Waals surface area contributed by atoms with E-state index in [1.807, 2.05) is 13.8 Å². The van der Waals surface area contributed by atoms with Crippen LogP contribution in [0.4, 0.5) is 0 Å². The van der Waals surface area contributed by atoms with Crippen molar-refractivity contribution in [2.24, 2.45) is 11.8 Å². The summed E-state index contributed by atoms with van der Waals surface area (Å²) in [6, 6.07) is 0. The molecule has 0 aliphatic heterocycles. The van der Waals surface area contributed by atoms with Crippen molar-refractivity contribution in [3.05, 3.63) is 0 Å². The second-order valence-corrected chi connectivity index (χ2v) is 3.47. The quantitative estimate of drug-likeness (QED) is 0.596. The SMILES string of the molecule is CCC(CC)COC(=O)C(C)C. The zero-order valence-corrected chi connectivity index (χ0v) is 8.59. The van der Waals surface area contributed by atoms with E-state index < -0.39 is 0 Å². The predicted octanol–water partition coefficient (Wildman–Crippen LogP) is 2.62. The lowest BCUT2D eigenvalue weighted by atomic mass is 10.1. The Morgan fingerprint density at radius 3 is 2.08 bits per heavy atom. The normalized spacial score (nSPS) is 10.8. The molecule has 0 bridgehead atoms. The van der Waals surface area contributed by atoms with Crippen LogP contribution in [0.2, 0.25) is 0 Å². The van der Waals surface area contributed by atoms with E-state index in [1.165, 1.54) is 0 Å². The topological polar surface area (TPSA) is 26.3 Å². The molecule has 0 radical (unpaired) electrons. The van der Waals surface area contributed by atoms with Gasteiger partial charge in [-0.3, -0.25) is 4.79 Å². The molecule has 0 heterocycles. The molecule has 0 aromatic heterocycles. The summed E-state index contributed by atoms with van der Waals surface area (Å²) in [5.41, 5.74) is 0. The molecule has 72 valence electrons. The van der Waals surface area contributed by atoms with Gasteiger partial charge >= 0.3 is 5.97 Å². The van der Waals surface area contributed by atoms with E-state index in [2.05, 4.69) is 13.8 Å². The lowest BCUT2D eigenvalue weighted by molar-refractivity contribution is -0.148. The van der Waals surface area contributed by atoms with Gasteiger partial charge in [-0.15, -0.1) is 0 Å². The first kappa shape index (κ1) is 11.5. The van der Waals surface area contributed by atoms with Crippen molar-refractivity contribution < 1.29 is 9.53 Å². The van der Waals surface area contributed by atoms with Gasteiger partial charge < -0.3 is 4.74 Å². The summed E-state index contributed by atoms with van der Waals surface area (Å²) in [4.78, 5) is 11.1. The molecule has 0 unspecified atom stereocenters. The fourth-order valence-electron chi connectivity index (χ4n) is 0.891. The van der Waals surface area contributed by atoms with Gasteiger partial charge in [0.2, 0.25) is 0 Å². The lowest BCUT2D eigenvalue weighted by Crippen LogP contribution is -2.16. The Kier molecular flexibility index (Phi) is 5.77. The van der Waals surface area contributed by atoms with E-state index in [1.54, 1.807) is 0 Å². The number of rotatable bonds is 5. The summed E-state index contributed by atoms with van der Waals surface area (Å²) in [6.07, 6.45) is 2.17. The molecule has 0 N–H and O–H groups in total. The number of esters is 1. The van der Waals surface area contributed by atoms with Crippen molar-refractivity contribution in [2.45, 2.75) is 40.5 Å². The summed E-state index contributed by atoms with van der Waals surface area (Å²) >= 11 is 0. The van der Waals surface area contributed by atoms with E-state index >= 15 is 0 Å². The van der Waals surface area contributed by atoms with E-state index in [9.17, 15) is 4.79 Å². The van der Waals surface area contributed by atoms with Crippen molar-refractivity contribution in [3.63, 3.8) is 0 Å². The monoisotopic (exact) mass is 172 g/mol. The van der Waals surface area contributed by atoms with Gasteiger partial charge in [0.05, 0.1) is 12.5 Å². The summed E-state index contributed by atoms with van der Waals surface area (Å²) < 4.78 is 5.11. The Labute approximate surface area is 75.3 Å². The first-order valence-corrected chi connectivity index (χ1v) is 4.78. The first-order valence-electron chi connectivity index (χ1n) is 4.78. The molecule has 0 aliphatic carbocycles. The lowest BCUT2D eigenvalue weighted by Gasteiger charge is -2.13. The number of carbonyl (C=O) groups excluding carboxylic acids is 1. The third kappa shape index (κ3) is 4.37. The van der Waals surface area contributed by atoms with Crippen LogP contribution in [0.15, 0.2) is 0 Å². The van der Waals surface area contributed by atoms with Crippen LogP contribution in [-0.2, 0) is 9.53 Å². The summed E-state index contributed by atoms with van der Waals surface area (Å²) in [5.74, 6) is 0.453. The highest BCUT2D eigenvalue weighted by Gasteiger charge is 2.10.